The van der Waals surface area contributed by atoms with E-state index < -0.39 is 34.5 Å². The van der Waals surface area contributed by atoms with Crippen LogP contribution in [0.15, 0.2) is 127 Å². The zero-order valence-corrected chi connectivity index (χ0v) is 88.6. The maximum absolute atomic E-state index is 13.2. The quantitative estimate of drug-likeness (QED) is 0.0796. The molecule has 16 aliphatic rings. The van der Waals surface area contributed by atoms with Crippen molar-refractivity contribution in [1.82, 2.24) is 79.7 Å². The minimum Gasteiger partial charge on any atom is -0.474 e. The summed E-state index contributed by atoms with van der Waals surface area (Å²) in [5, 5.41) is 4.26. The molecular weight excluding hydrogens is 1920 g/mol. The number of para-hydroxylation sites is 4. The Morgan fingerprint density at radius 3 is 1.08 bits per heavy atom. The number of ketones is 2. The molecule has 4 spiro atoms. The average molecular weight is 2050 g/mol. The first-order valence-corrected chi connectivity index (χ1v) is 55.4. The summed E-state index contributed by atoms with van der Waals surface area (Å²) in [6.07, 6.45) is 30.7. The van der Waals surface area contributed by atoms with Gasteiger partial charge in [0, 0.05) is 133 Å². The molecule has 784 valence electrons. The Balaban J connectivity index is 0.000000101. The summed E-state index contributed by atoms with van der Waals surface area (Å²) in [6, 6.07) is 31.8. The molecule has 1 unspecified atom stereocenters. The van der Waals surface area contributed by atoms with Gasteiger partial charge in [-0.05, 0) is 189 Å². The number of ether oxygens (including phenoxy) is 11. The smallest absolute Gasteiger partial charge is 0.316 e. The second kappa shape index (κ2) is 39.4. The van der Waals surface area contributed by atoms with E-state index in [-0.39, 0.29) is 74.9 Å². The molecule has 12 aromatic rings. The van der Waals surface area contributed by atoms with Crippen LogP contribution in [0, 0.1) is 70.5 Å². The lowest BCUT2D eigenvalue weighted by molar-refractivity contribution is -0.244. The van der Waals surface area contributed by atoms with E-state index in [2.05, 4.69) is 112 Å². The van der Waals surface area contributed by atoms with E-state index in [0.717, 1.165) is 247 Å². The van der Waals surface area contributed by atoms with E-state index in [9.17, 15) is 19.2 Å². The van der Waals surface area contributed by atoms with E-state index in [4.69, 9.17) is 93.6 Å². The molecule has 150 heavy (non-hydrogen) atoms. The normalized spacial score (nSPS) is 30.7. The third kappa shape index (κ3) is 16.9. The number of methoxy groups -OCH3 is 1. The van der Waals surface area contributed by atoms with E-state index >= 15 is 0 Å². The number of Topliss-reactive ketones (excluding diaryl/α,β-unsaturated/α-hetero) is 2. The topological polar surface area (TPSA) is 379 Å². The number of H-pyrrole nitrogens is 1. The van der Waals surface area contributed by atoms with Crippen LogP contribution in [0.3, 0.4) is 0 Å². The maximum Gasteiger partial charge on any atom is 0.316 e. The van der Waals surface area contributed by atoms with Crippen LogP contribution in [-0.4, -0.2) is 193 Å². The first-order chi connectivity index (χ1) is 72.6. The lowest BCUT2D eigenvalue weighted by Gasteiger charge is -2.54. The first kappa shape index (κ1) is 101. The Bertz CT molecular complexity index is 7290. The highest BCUT2D eigenvalue weighted by Crippen LogP contribution is 2.64. The van der Waals surface area contributed by atoms with Crippen molar-refractivity contribution in [1.29, 1.82) is 0 Å². The van der Waals surface area contributed by atoms with Crippen molar-refractivity contribution in [2.24, 2.45) is 70.5 Å². The molecule has 12 fully saturated rings. The molecule has 0 bridgehead atoms. The van der Waals surface area contributed by atoms with Crippen LogP contribution in [0.1, 0.15) is 256 Å². The Hall–Kier alpha value is -11.3. The number of nitrogens with zero attached hydrogens (tertiary/aromatic N) is 15. The highest BCUT2D eigenvalue weighted by Gasteiger charge is 2.65. The van der Waals surface area contributed by atoms with Crippen molar-refractivity contribution in [2.45, 2.75) is 293 Å². The van der Waals surface area contributed by atoms with Gasteiger partial charge in [-0.3, -0.25) is 19.2 Å². The number of aromatic amines is 1. The Morgan fingerprint density at radius 2 is 0.687 bits per heavy atom. The standard InChI is InChI=1S/C28H32N4O3.C26H28N4O2.C24H25ClN4O2.C24H26N4O3.C16H24O5/c1-17-21-11-10-20-24(27(21,2)12-13-28(17)33-14-15-34-28)31-25(32-26(20)35-18-6-5-7-18)23-19-8-3-4-9-22(19)29-16-30-23;1-15-19-11-10-18-23(26(19,2)13-12-21(15)31)29-24(30-25(18)32-16-6-5-7-16)22-17-8-3-4-9-20(17)27-14-28-22;1-14-17-8-7-16-20(23(17,2)9-10-24(14)30-11-12-31-24)28-22(29-21(16)25)19-15-5-3-4-6-18(15)26-13-27-19;1-14-17-8-7-16-20(23(17,2)9-10-24(14)30-11-12-31-24)27-21(28-22(16)29)19-15-5-3-4-6-18(15)25-13-26-19;1-10-12-5-4-11(14(18)19-3)13(17)15(12,2)6-7-16(10)20-8-9-21-16/h3-4,8-9,16-18,21H,5-7,10-15H2,1-2H3;3-4,8-9,14-16,19H,5-7,10-13H2,1-2H3;3-6,13-14,17H,7-12H2,1-2H3;3-6,13-14,17H,7-12H2,1-2H3,(H,27,28,29);10-12H,4-9H2,1-3H3/t17-,21-,27-;15-,19-,26-;2*14-,17-,23-;10-,11?,12-,15-/m11111/s1. The molecule has 0 amide bonds. The summed E-state index contributed by atoms with van der Waals surface area (Å²) in [6.45, 7) is 27.7. The fourth-order valence-electron chi connectivity index (χ4n) is 30.0. The highest BCUT2D eigenvalue weighted by molar-refractivity contribution is 6.30. The number of esters is 1. The minimum atomic E-state index is -0.595. The number of nitrogens with one attached hydrogen (secondary N) is 1. The predicted octanol–water partition coefficient (Wildman–Crippen LogP) is 19.9. The van der Waals surface area contributed by atoms with E-state index in [0.29, 0.717) is 148 Å². The summed E-state index contributed by atoms with van der Waals surface area (Å²) in [7, 11) is 1.35. The zero-order chi connectivity index (χ0) is 103. The number of hydrogen-bond acceptors (Lipinski definition) is 30. The van der Waals surface area contributed by atoms with Crippen molar-refractivity contribution < 1.29 is 66.5 Å². The number of halogens is 1. The minimum absolute atomic E-state index is 0.0466. The van der Waals surface area contributed by atoms with E-state index in [1.807, 2.05) is 104 Å². The number of aromatic nitrogens is 16. The molecular formula is C118H135ClN16O15. The van der Waals surface area contributed by atoms with E-state index in [1.54, 1.807) is 19.0 Å². The number of hydrogen-bond donors (Lipinski definition) is 1. The van der Waals surface area contributed by atoms with Gasteiger partial charge in [0.25, 0.3) is 5.56 Å². The number of carbonyl (C=O) groups excluding carboxylic acids is 3. The Labute approximate surface area is 878 Å². The van der Waals surface area contributed by atoms with Gasteiger partial charge in [0.15, 0.2) is 52.2 Å². The first-order valence-electron chi connectivity index (χ1n) is 55.0. The molecule has 31 nitrogen and oxygen atoms in total. The number of rotatable bonds is 9. The summed E-state index contributed by atoms with van der Waals surface area (Å²) in [4.78, 5) is 125. The maximum atomic E-state index is 13.2. The van der Waals surface area contributed by atoms with Crippen LogP contribution >= 0.6 is 11.6 Å². The second-order valence-corrected chi connectivity index (χ2v) is 46.7. The lowest BCUT2D eigenvalue weighted by atomic mass is 9.53. The SMILES string of the molecule is COC(=O)C1CC[C@@H]2[C@@H](C)C3(CC[C@@]2(C)C1=O)OCCO3.C[C@@H]1[C@H]2CCc3c(Cl)nc(-c4ncnc5ccccc45)nc3[C@]2(C)CCC12OCCO2.C[C@@H]1[C@H]2CCc3c(OC4CCC4)nc(-c4ncnc5ccccc45)nc3[C@]2(C)CCC12OCCO2.C[C@@H]1[C@H]2CCc3c(nc(-c4ncnc5ccccc45)[nH]c3=O)[C@]2(C)CCC12OCCO2.C[C@H]1C(=O)CC[C@@]2(C)c3nc(-c4ncnc5ccccc45)nc(OC4CCC4)c3CC[C@H]12. The summed E-state index contributed by atoms with van der Waals surface area (Å²) >= 11 is 6.75. The van der Waals surface area contributed by atoms with Gasteiger partial charge in [-0.25, -0.2) is 64.8 Å². The van der Waals surface area contributed by atoms with Crippen LogP contribution in [-0.2, 0) is 104 Å². The van der Waals surface area contributed by atoms with Crippen LogP contribution in [0.25, 0.3) is 89.7 Å². The average Bonchev–Trinajstić information content (AvgIpc) is 1.40. The Kier molecular flexibility index (Phi) is 26.4. The molecule has 28 rings (SSSR count). The lowest BCUT2D eigenvalue weighted by Crippen LogP contribution is -2.58. The molecule has 8 aromatic heterocycles. The van der Waals surface area contributed by atoms with Crippen LogP contribution in [0.2, 0.25) is 5.15 Å². The third-order valence-electron chi connectivity index (χ3n) is 39.1. The van der Waals surface area contributed by atoms with Crippen LogP contribution in [0.4, 0.5) is 0 Å². The van der Waals surface area contributed by atoms with Gasteiger partial charge in [0.05, 0.1) is 105 Å². The van der Waals surface area contributed by atoms with Crippen molar-refractivity contribution in [3.05, 3.63) is 183 Å². The Morgan fingerprint density at radius 1 is 0.353 bits per heavy atom. The van der Waals surface area contributed by atoms with Crippen LogP contribution in [0.5, 0.6) is 11.8 Å². The van der Waals surface area contributed by atoms with Gasteiger partial charge in [0.2, 0.25) is 11.8 Å². The van der Waals surface area contributed by atoms with Gasteiger partial charge >= 0.3 is 5.97 Å². The fourth-order valence-corrected chi connectivity index (χ4v) is 30.3. The largest absolute Gasteiger partial charge is 0.474 e. The molecule has 32 heteroatoms. The number of fused-ring (bicyclic) bond motifs is 17. The molecule has 0 radical (unpaired) electrons. The van der Waals surface area contributed by atoms with E-state index in [1.165, 1.54) is 31.8 Å². The second-order valence-electron chi connectivity index (χ2n) is 46.3. The fraction of sp³-hybridized carbons (Fsp3) is 0.568. The highest BCUT2D eigenvalue weighted by atomic mass is 35.5. The number of carbonyl (C=O) groups is 3. The summed E-state index contributed by atoms with van der Waals surface area (Å²) < 4.78 is 66.5. The van der Waals surface area contributed by atoms with Crippen molar-refractivity contribution in [3.63, 3.8) is 0 Å². The van der Waals surface area contributed by atoms with Crippen molar-refractivity contribution in [3.8, 4) is 57.8 Å². The van der Waals surface area contributed by atoms with Crippen LogP contribution < -0.4 is 15.0 Å². The number of benzene rings is 4. The van der Waals surface area contributed by atoms with Gasteiger partial charge in [-0.1, -0.05) is 154 Å². The molecule has 16 atom stereocenters. The van der Waals surface area contributed by atoms with Gasteiger partial charge < -0.3 is 57.1 Å². The molecule has 12 aliphatic carbocycles. The zero-order valence-electron chi connectivity index (χ0n) is 87.8. The third-order valence-corrected chi connectivity index (χ3v) is 39.4. The summed E-state index contributed by atoms with van der Waals surface area (Å²) in [5.74, 6) is 4.15. The summed E-state index contributed by atoms with van der Waals surface area (Å²) in [5.41, 5.74) is 13.7. The molecule has 4 saturated heterocycles. The monoisotopic (exact) mass is 2050 g/mol. The van der Waals surface area contributed by atoms with Gasteiger partial charge in [0.1, 0.15) is 77.1 Å². The van der Waals surface area contributed by atoms with Crippen molar-refractivity contribution in [2.75, 3.05) is 60.0 Å². The molecule has 8 saturated carbocycles. The van der Waals surface area contributed by atoms with Crippen molar-refractivity contribution >= 4 is 72.7 Å². The van der Waals surface area contributed by atoms with Gasteiger partial charge in [-0.2, -0.15) is 9.97 Å². The predicted molar refractivity (Wildman–Crippen MR) is 560 cm³/mol. The van der Waals surface area contributed by atoms with Gasteiger partial charge in [-0.15, -0.1) is 0 Å². The molecule has 12 heterocycles. The molecule has 4 aromatic carbocycles. The molecule has 4 aliphatic heterocycles. The molecule has 1 N–H and O–H groups in total.